The molecule has 1 aliphatic rings. The van der Waals surface area contributed by atoms with Gasteiger partial charge in [-0.25, -0.2) is 14.4 Å². The molecule has 0 saturated carbocycles. The third-order valence-corrected chi connectivity index (χ3v) is 4.67. The van der Waals surface area contributed by atoms with Crippen molar-refractivity contribution in [1.29, 1.82) is 0 Å². The quantitative estimate of drug-likeness (QED) is 0.703. The minimum Gasteiger partial charge on any atom is -0.463 e. The highest BCUT2D eigenvalue weighted by atomic mass is 35.5. The molecule has 0 unspecified atom stereocenters. The van der Waals surface area contributed by atoms with Crippen molar-refractivity contribution in [3.63, 3.8) is 0 Å². The van der Waals surface area contributed by atoms with Gasteiger partial charge in [-0.2, -0.15) is 0 Å². The Balaban J connectivity index is 2.26. The molecule has 0 fully saturated rings. The van der Waals surface area contributed by atoms with Crippen molar-refractivity contribution < 1.29 is 23.9 Å². The van der Waals surface area contributed by atoms with E-state index in [1.54, 1.807) is 62.4 Å². The van der Waals surface area contributed by atoms with Gasteiger partial charge in [0, 0.05) is 5.02 Å². The molecule has 0 radical (unpaired) electrons. The summed E-state index contributed by atoms with van der Waals surface area (Å²) >= 11 is 5.96. The first-order valence-corrected chi connectivity index (χ1v) is 9.85. The Kier molecular flexibility index (Phi) is 6.74. The van der Waals surface area contributed by atoms with Gasteiger partial charge in [0.05, 0.1) is 30.5 Å². The van der Waals surface area contributed by atoms with E-state index in [0.29, 0.717) is 16.3 Å². The van der Waals surface area contributed by atoms with Crippen LogP contribution in [0, 0.1) is 0 Å². The van der Waals surface area contributed by atoms with E-state index >= 15 is 0 Å². The maximum atomic E-state index is 13.1. The SMILES string of the molecule is CCOC(=O)C1=C(C(=O)OCC)N(c2ccc(Cl)cc2)C(=O)N[C@@H]1c1ccccc1. The molecule has 0 aliphatic carbocycles. The van der Waals surface area contributed by atoms with Crippen molar-refractivity contribution in [2.24, 2.45) is 0 Å². The minimum atomic E-state index is -0.874. The number of nitrogens with zero attached hydrogens (tertiary/aromatic N) is 1. The molecule has 0 saturated heterocycles. The average molecular weight is 429 g/mol. The van der Waals surface area contributed by atoms with Crippen LogP contribution < -0.4 is 10.2 Å². The lowest BCUT2D eigenvalue weighted by atomic mass is 9.94. The van der Waals surface area contributed by atoms with Crippen molar-refractivity contribution in [2.45, 2.75) is 19.9 Å². The number of hydrogen-bond donors (Lipinski definition) is 1. The average Bonchev–Trinajstić information content (AvgIpc) is 2.74. The number of halogens is 1. The summed E-state index contributed by atoms with van der Waals surface area (Å²) in [4.78, 5) is 40.1. The molecule has 2 amide bonds. The first-order chi connectivity index (χ1) is 14.5. The molecular weight excluding hydrogens is 408 g/mol. The Bertz CT molecular complexity index is 973. The molecular formula is C22H21ClN2O5. The van der Waals surface area contributed by atoms with E-state index < -0.39 is 24.0 Å². The van der Waals surface area contributed by atoms with Crippen LogP contribution >= 0.6 is 11.6 Å². The predicted molar refractivity (Wildman–Crippen MR) is 112 cm³/mol. The van der Waals surface area contributed by atoms with Gasteiger partial charge in [0.15, 0.2) is 0 Å². The van der Waals surface area contributed by atoms with E-state index in [4.69, 9.17) is 21.1 Å². The highest BCUT2D eigenvalue weighted by Crippen LogP contribution is 2.35. The Morgan fingerprint density at radius 2 is 1.57 bits per heavy atom. The van der Waals surface area contributed by atoms with Gasteiger partial charge in [-0.3, -0.25) is 4.90 Å². The standard InChI is InChI=1S/C22H21ClN2O5/c1-3-29-20(26)17-18(14-8-6-5-7-9-14)24-22(28)25(19(17)21(27)30-4-2)16-12-10-15(23)11-13-16/h5-13,18H,3-4H2,1-2H3,(H,24,28)/t18-/m1/s1. The summed E-state index contributed by atoms with van der Waals surface area (Å²) in [6, 6.07) is 13.7. The molecule has 1 N–H and O–H groups in total. The van der Waals surface area contributed by atoms with Gasteiger partial charge in [0.1, 0.15) is 5.70 Å². The molecule has 30 heavy (non-hydrogen) atoms. The van der Waals surface area contributed by atoms with Gasteiger partial charge in [0.2, 0.25) is 0 Å². The number of carbonyl (C=O) groups is 3. The lowest BCUT2D eigenvalue weighted by molar-refractivity contribution is -0.142. The van der Waals surface area contributed by atoms with Crippen molar-refractivity contribution in [3.8, 4) is 0 Å². The van der Waals surface area contributed by atoms with Crippen LogP contribution in [0.1, 0.15) is 25.5 Å². The zero-order chi connectivity index (χ0) is 21.7. The fraction of sp³-hybridized carbons (Fsp3) is 0.227. The van der Waals surface area contributed by atoms with Crippen molar-refractivity contribution >= 4 is 35.3 Å². The second kappa shape index (κ2) is 9.45. The van der Waals surface area contributed by atoms with Crippen LogP contribution in [0.4, 0.5) is 10.5 Å². The van der Waals surface area contributed by atoms with Gasteiger partial charge in [-0.05, 0) is 43.7 Å². The number of nitrogens with one attached hydrogen (secondary N) is 1. The molecule has 2 aromatic carbocycles. The summed E-state index contributed by atoms with van der Waals surface area (Å²) in [5, 5.41) is 3.26. The van der Waals surface area contributed by atoms with Gasteiger partial charge in [0.25, 0.3) is 0 Å². The fourth-order valence-corrected chi connectivity index (χ4v) is 3.30. The topological polar surface area (TPSA) is 84.9 Å². The lowest BCUT2D eigenvalue weighted by Gasteiger charge is -2.35. The van der Waals surface area contributed by atoms with Gasteiger partial charge < -0.3 is 14.8 Å². The van der Waals surface area contributed by atoms with E-state index in [0.717, 1.165) is 4.90 Å². The zero-order valence-corrected chi connectivity index (χ0v) is 17.3. The van der Waals surface area contributed by atoms with E-state index in [2.05, 4.69) is 5.32 Å². The highest BCUT2D eigenvalue weighted by molar-refractivity contribution is 6.30. The van der Waals surface area contributed by atoms with Crippen LogP contribution in [0.3, 0.4) is 0 Å². The summed E-state index contributed by atoms with van der Waals surface area (Å²) in [6.07, 6.45) is 0. The van der Waals surface area contributed by atoms with Crippen LogP contribution in [0.2, 0.25) is 5.02 Å². The summed E-state index contributed by atoms with van der Waals surface area (Å²) in [5.41, 5.74) is 0.797. The van der Waals surface area contributed by atoms with E-state index in [-0.39, 0.29) is 24.5 Å². The molecule has 3 rings (SSSR count). The first kappa shape index (κ1) is 21.4. The zero-order valence-electron chi connectivity index (χ0n) is 16.6. The molecule has 0 aromatic heterocycles. The maximum Gasteiger partial charge on any atom is 0.356 e. The predicted octanol–water partition coefficient (Wildman–Crippen LogP) is 3.99. The second-order valence-corrected chi connectivity index (χ2v) is 6.74. The van der Waals surface area contributed by atoms with Gasteiger partial charge >= 0.3 is 18.0 Å². The smallest absolute Gasteiger partial charge is 0.356 e. The van der Waals surface area contributed by atoms with Crippen LogP contribution in [0.15, 0.2) is 65.9 Å². The number of ether oxygens (including phenoxy) is 2. The monoisotopic (exact) mass is 428 g/mol. The minimum absolute atomic E-state index is 0.00366. The van der Waals surface area contributed by atoms with Crippen molar-refractivity contribution in [2.75, 3.05) is 18.1 Å². The first-order valence-electron chi connectivity index (χ1n) is 9.47. The molecule has 1 atom stereocenters. The number of amides is 2. The molecule has 156 valence electrons. The Morgan fingerprint density at radius 1 is 0.967 bits per heavy atom. The fourth-order valence-electron chi connectivity index (χ4n) is 3.17. The number of esters is 2. The summed E-state index contributed by atoms with van der Waals surface area (Å²) in [5.74, 6) is -1.51. The Labute approximate surface area is 179 Å². The number of urea groups is 1. The Morgan fingerprint density at radius 3 is 2.17 bits per heavy atom. The molecule has 1 aliphatic heterocycles. The number of rotatable bonds is 6. The molecule has 1 heterocycles. The van der Waals surface area contributed by atoms with Crippen molar-refractivity contribution in [1.82, 2.24) is 5.32 Å². The summed E-state index contributed by atoms with van der Waals surface area (Å²) < 4.78 is 10.4. The molecule has 0 bridgehead atoms. The van der Waals surface area contributed by atoms with Crippen molar-refractivity contribution in [3.05, 3.63) is 76.5 Å². The Hall–Kier alpha value is -3.32. The van der Waals surface area contributed by atoms with Gasteiger partial charge in [-0.1, -0.05) is 41.9 Å². The maximum absolute atomic E-state index is 13.1. The molecule has 8 heteroatoms. The number of benzene rings is 2. The second-order valence-electron chi connectivity index (χ2n) is 6.31. The molecule has 2 aromatic rings. The highest BCUT2D eigenvalue weighted by Gasteiger charge is 2.42. The van der Waals surface area contributed by atoms with Crippen LogP contribution in [-0.4, -0.2) is 31.2 Å². The number of anilines is 1. The summed E-state index contributed by atoms with van der Waals surface area (Å²) in [7, 11) is 0. The summed E-state index contributed by atoms with van der Waals surface area (Å²) in [6.45, 7) is 3.49. The van der Waals surface area contributed by atoms with Gasteiger partial charge in [-0.15, -0.1) is 0 Å². The van der Waals surface area contributed by atoms with Crippen LogP contribution in [-0.2, 0) is 19.1 Å². The molecule has 0 spiro atoms. The van der Waals surface area contributed by atoms with E-state index in [1.807, 2.05) is 6.07 Å². The molecule has 7 nitrogen and oxygen atoms in total. The third-order valence-electron chi connectivity index (χ3n) is 4.42. The normalized spacial score (nSPS) is 16.2. The van der Waals surface area contributed by atoms with Crippen LogP contribution in [0.25, 0.3) is 0 Å². The number of hydrogen-bond acceptors (Lipinski definition) is 5. The largest absolute Gasteiger partial charge is 0.463 e. The number of carbonyl (C=O) groups excluding carboxylic acids is 3. The lowest BCUT2D eigenvalue weighted by Crippen LogP contribution is -2.51. The third kappa shape index (κ3) is 4.31. The van der Waals surface area contributed by atoms with Crippen LogP contribution in [0.5, 0.6) is 0 Å². The van der Waals surface area contributed by atoms with E-state index in [1.165, 1.54) is 0 Å². The van der Waals surface area contributed by atoms with E-state index in [9.17, 15) is 14.4 Å².